The molecular weight excluding hydrogens is 447 g/mol. The van der Waals surface area contributed by atoms with Crippen LogP contribution in [0.15, 0.2) is 65.9 Å². The number of nitrogens with one attached hydrogen (secondary N) is 1. The summed E-state index contributed by atoms with van der Waals surface area (Å²) in [6.45, 7) is 0.402. The van der Waals surface area contributed by atoms with E-state index in [-0.39, 0.29) is 24.1 Å². The van der Waals surface area contributed by atoms with Crippen LogP contribution in [0.5, 0.6) is 0 Å². The van der Waals surface area contributed by atoms with E-state index >= 15 is 0 Å². The fourth-order valence-electron chi connectivity index (χ4n) is 3.81. The average Bonchev–Trinajstić information content (AvgIpc) is 3.29. The Morgan fingerprint density at radius 3 is 2.89 bits per heavy atom. The van der Waals surface area contributed by atoms with Gasteiger partial charge in [0.05, 0.1) is 23.4 Å². The number of amides is 1. The second kappa shape index (κ2) is 10.2. The van der Waals surface area contributed by atoms with E-state index in [1.165, 1.54) is 24.5 Å². The molecule has 0 unspecified atom stereocenters. The zero-order chi connectivity index (χ0) is 24.8. The molecule has 2 aromatic carbocycles. The molecule has 1 aliphatic rings. The van der Waals surface area contributed by atoms with Gasteiger partial charge in [-0.1, -0.05) is 18.2 Å². The number of anilines is 1. The molecule has 2 heterocycles. The summed E-state index contributed by atoms with van der Waals surface area (Å²) < 4.78 is 14.0. The Kier molecular flexibility index (Phi) is 6.75. The summed E-state index contributed by atoms with van der Waals surface area (Å²) in [6.07, 6.45) is 6.45. The maximum atomic E-state index is 14.0. The van der Waals surface area contributed by atoms with Crippen LogP contribution in [0.25, 0.3) is 11.3 Å². The number of hydrogen-bond acceptors (Lipinski definition) is 7. The molecular formula is C25H19FN8O. The standard InChI is InChI=1S/C25H19FN8O/c26-20-4-2-1-3-16(20)13-23(35)34-10-7-17-11-18(12-19(14-27)24(17)34)21-5-9-31-25(32-21)33-22(29)6-8-30-15-28/h1-6,8-9,11-12,30H,7,10,13H2,(H2,29,31,32,33)/b8-6-. The van der Waals surface area contributed by atoms with Gasteiger partial charge in [-0.05, 0) is 47.9 Å². The van der Waals surface area contributed by atoms with Crippen molar-refractivity contribution in [3.05, 3.63) is 83.4 Å². The first kappa shape index (κ1) is 23.1. The first-order valence-corrected chi connectivity index (χ1v) is 10.6. The minimum atomic E-state index is -0.434. The van der Waals surface area contributed by atoms with E-state index in [0.29, 0.717) is 41.0 Å². The monoisotopic (exact) mass is 466 g/mol. The summed E-state index contributed by atoms with van der Waals surface area (Å²) >= 11 is 0. The smallest absolute Gasteiger partial charge is 0.251 e. The van der Waals surface area contributed by atoms with E-state index < -0.39 is 5.82 Å². The number of fused-ring (bicyclic) bond motifs is 1. The largest absolute Gasteiger partial charge is 0.384 e. The summed E-state index contributed by atoms with van der Waals surface area (Å²) in [5, 5.41) is 20.6. The van der Waals surface area contributed by atoms with Crippen molar-refractivity contribution in [2.45, 2.75) is 12.8 Å². The number of rotatable bonds is 6. The first-order valence-electron chi connectivity index (χ1n) is 10.6. The lowest BCUT2D eigenvalue weighted by Crippen LogP contribution is -2.31. The summed E-state index contributed by atoms with van der Waals surface area (Å²) in [5.74, 6) is -0.495. The van der Waals surface area contributed by atoms with Crippen molar-refractivity contribution in [1.82, 2.24) is 15.3 Å². The maximum absolute atomic E-state index is 14.0. The zero-order valence-electron chi connectivity index (χ0n) is 18.4. The van der Waals surface area contributed by atoms with Gasteiger partial charge in [-0.3, -0.25) is 10.1 Å². The Morgan fingerprint density at radius 1 is 1.29 bits per heavy atom. The highest BCUT2D eigenvalue weighted by Gasteiger charge is 2.29. The molecule has 172 valence electrons. The molecule has 0 spiro atoms. The summed E-state index contributed by atoms with van der Waals surface area (Å²) in [6, 6.07) is 13.5. The van der Waals surface area contributed by atoms with Gasteiger partial charge < -0.3 is 10.6 Å². The van der Waals surface area contributed by atoms with Crippen molar-refractivity contribution in [2.24, 2.45) is 10.7 Å². The number of nitriles is 2. The Morgan fingerprint density at radius 2 is 2.11 bits per heavy atom. The van der Waals surface area contributed by atoms with Crippen molar-refractivity contribution >= 4 is 23.4 Å². The third-order valence-corrected chi connectivity index (χ3v) is 5.35. The van der Waals surface area contributed by atoms with Crippen molar-refractivity contribution in [3.8, 4) is 23.5 Å². The van der Waals surface area contributed by atoms with Gasteiger partial charge in [-0.25, -0.2) is 14.4 Å². The Balaban J connectivity index is 1.63. The van der Waals surface area contributed by atoms with Crippen LogP contribution in [0.3, 0.4) is 0 Å². The molecule has 3 aromatic rings. The molecule has 10 heteroatoms. The highest BCUT2D eigenvalue weighted by molar-refractivity contribution is 5.99. The highest BCUT2D eigenvalue weighted by Crippen LogP contribution is 2.36. The van der Waals surface area contributed by atoms with Crippen molar-refractivity contribution < 1.29 is 9.18 Å². The van der Waals surface area contributed by atoms with Crippen molar-refractivity contribution in [1.29, 1.82) is 10.5 Å². The molecule has 0 fully saturated rings. The van der Waals surface area contributed by atoms with Crippen LogP contribution in [0.2, 0.25) is 0 Å². The number of carbonyl (C=O) groups is 1. The fraction of sp³-hybridized carbons (Fsp3) is 0.120. The molecule has 9 nitrogen and oxygen atoms in total. The molecule has 3 N–H and O–H groups in total. The van der Waals surface area contributed by atoms with Crippen LogP contribution in [0.1, 0.15) is 16.7 Å². The van der Waals surface area contributed by atoms with E-state index in [9.17, 15) is 14.4 Å². The average molecular weight is 466 g/mol. The minimum absolute atomic E-state index is 0.0915. The predicted molar refractivity (Wildman–Crippen MR) is 128 cm³/mol. The van der Waals surface area contributed by atoms with E-state index in [1.807, 2.05) is 6.07 Å². The minimum Gasteiger partial charge on any atom is -0.384 e. The van der Waals surface area contributed by atoms with Gasteiger partial charge in [0.15, 0.2) is 6.19 Å². The van der Waals surface area contributed by atoms with Gasteiger partial charge in [0.2, 0.25) is 5.91 Å². The van der Waals surface area contributed by atoms with E-state index in [1.54, 1.807) is 41.4 Å². The number of nitrogens with zero attached hydrogens (tertiary/aromatic N) is 6. The number of aliphatic imine (C=N–C) groups is 1. The number of aromatic nitrogens is 2. The molecule has 0 radical (unpaired) electrons. The van der Waals surface area contributed by atoms with Crippen LogP contribution >= 0.6 is 0 Å². The summed E-state index contributed by atoms with van der Waals surface area (Å²) in [7, 11) is 0. The van der Waals surface area contributed by atoms with Gasteiger partial charge in [0, 0.05) is 24.5 Å². The first-order chi connectivity index (χ1) is 17.0. The number of benzene rings is 2. The number of hydrogen-bond donors (Lipinski definition) is 2. The van der Waals surface area contributed by atoms with Gasteiger partial charge >= 0.3 is 0 Å². The van der Waals surface area contributed by atoms with E-state index in [0.717, 1.165) is 5.56 Å². The number of nitrogens with two attached hydrogens (primary N) is 1. The fourth-order valence-corrected chi connectivity index (χ4v) is 3.81. The van der Waals surface area contributed by atoms with E-state index in [2.05, 4.69) is 26.3 Å². The molecule has 35 heavy (non-hydrogen) atoms. The Bertz CT molecular complexity index is 1430. The van der Waals surface area contributed by atoms with Gasteiger partial charge in [-0.2, -0.15) is 15.5 Å². The van der Waals surface area contributed by atoms with Gasteiger partial charge in [-0.15, -0.1) is 0 Å². The quantitative estimate of drug-likeness (QED) is 0.246. The van der Waals surface area contributed by atoms with Gasteiger partial charge in [0.25, 0.3) is 5.95 Å². The molecule has 1 aliphatic heterocycles. The molecule has 0 saturated heterocycles. The van der Waals surface area contributed by atoms with E-state index in [4.69, 9.17) is 11.0 Å². The van der Waals surface area contributed by atoms with Crippen LogP contribution in [0, 0.1) is 28.6 Å². The lowest BCUT2D eigenvalue weighted by Gasteiger charge is -2.19. The van der Waals surface area contributed by atoms with Gasteiger partial charge in [0.1, 0.15) is 17.7 Å². The zero-order valence-corrected chi connectivity index (χ0v) is 18.4. The molecule has 0 aliphatic carbocycles. The summed E-state index contributed by atoms with van der Waals surface area (Å²) in [5.41, 5.74) is 9.00. The molecule has 0 saturated carbocycles. The maximum Gasteiger partial charge on any atom is 0.251 e. The van der Waals surface area contributed by atoms with Crippen LogP contribution in [0.4, 0.5) is 16.0 Å². The van der Waals surface area contributed by atoms with Crippen LogP contribution in [-0.2, 0) is 17.6 Å². The summed E-state index contributed by atoms with van der Waals surface area (Å²) in [4.78, 5) is 27.1. The normalized spacial score (nSPS) is 12.8. The number of halogens is 1. The third-order valence-electron chi connectivity index (χ3n) is 5.35. The molecule has 1 amide bonds. The topological polar surface area (TPSA) is 144 Å². The third kappa shape index (κ3) is 5.13. The Hall–Kier alpha value is -5.09. The molecule has 0 bridgehead atoms. The van der Waals surface area contributed by atoms with Crippen molar-refractivity contribution in [2.75, 3.05) is 11.4 Å². The second-order valence-electron chi connectivity index (χ2n) is 7.57. The highest BCUT2D eigenvalue weighted by atomic mass is 19.1. The SMILES string of the molecule is N#CN/C=C\C(N)=N/c1nccc(-c2cc(C#N)c3c(c2)CCN3C(=O)Cc2ccccc2F)n1. The van der Waals surface area contributed by atoms with Crippen LogP contribution in [-0.4, -0.2) is 28.3 Å². The lowest BCUT2D eigenvalue weighted by atomic mass is 10.0. The predicted octanol–water partition coefficient (Wildman–Crippen LogP) is 2.86. The molecule has 0 atom stereocenters. The lowest BCUT2D eigenvalue weighted by molar-refractivity contribution is -0.117. The molecule has 4 rings (SSSR count). The number of carbonyl (C=O) groups excluding carboxylic acids is 1. The van der Waals surface area contributed by atoms with Crippen molar-refractivity contribution in [3.63, 3.8) is 0 Å². The Labute approximate surface area is 200 Å². The molecule has 1 aromatic heterocycles. The van der Waals surface area contributed by atoms with Crippen LogP contribution < -0.4 is 16.0 Å². The second-order valence-corrected chi connectivity index (χ2v) is 7.57. The number of amidine groups is 1.